The van der Waals surface area contributed by atoms with Crippen molar-refractivity contribution in [1.82, 2.24) is 0 Å². The zero-order valence-electron chi connectivity index (χ0n) is 16.2. The Bertz CT molecular complexity index is 747. The minimum atomic E-state index is -1.25. The fourth-order valence-electron chi connectivity index (χ4n) is 3.74. The fraction of sp³-hybridized carbons (Fsp3) is 0.478. The molecule has 5 atom stereocenters. The van der Waals surface area contributed by atoms with E-state index in [1.807, 2.05) is 12.1 Å². The summed E-state index contributed by atoms with van der Waals surface area (Å²) in [6.07, 6.45) is 0.617. The van der Waals surface area contributed by atoms with Crippen LogP contribution >= 0.6 is 11.8 Å². The van der Waals surface area contributed by atoms with E-state index < -0.39 is 23.6 Å². The normalized spacial score (nSPS) is 27.7. The summed E-state index contributed by atoms with van der Waals surface area (Å²) in [4.78, 5) is 0. The summed E-state index contributed by atoms with van der Waals surface area (Å²) in [7, 11) is 0. The zero-order valence-corrected chi connectivity index (χ0v) is 17.1. The van der Waals surface area contributed by atoms with E-state index in [0.717, 1.165) is 31.2 Å². The van der Waals surface area contributed by atoms with E-state index in [4.69, 9.17) is 0 Å². The number of aliphatic hydroxyl groups is 4. The van der Waals surface area contributed by atoms with Crippen LogP contribution in [0.4, 0.5) is 0 Å². The van der Waals surface area contributed by atoms with Gasteiger partial charge >= 0.3 is 0 Å². The molecule has 152 valence electrons. The minimum absolute atomic E-state index is 0.234. The Morgan fingerprint density at radius 2 is 1.50 bits per heavy atom. The number of hydrogen-bond donors (Lipinski definition) is 4. The molecule has 3 rings (SSSR count). The number of thioether (sulfide) groups is 1. The van der Waals surface area contributed by atoms with Gasteiger partial charge in [-0.2, -0.15) is 0 Å². The van der Waals surface area contributed by atoms with Crippen LogP contribution in [0.1, 0.15) is 40.8 Å². The predicted octanol–water partition coefficient (Wildman–Crippen LogP) is 2.66. The summed E-state index contributed by atoms with van der Waals surface area (Å²) in [6.45, 7) is 1.93. The average Bonchev–Trinajstić information content (AvgIpc) is 2.73. The largest absolute Gasteiger partial charge is 0.395 e. The number of aliphatic hydroxyl groups excluding tert-OH is 4. The number of aryl methyl sites for hydroxylation is 3. The maximum absolute atomic E-state index is 10.4. The van der Waals surface area contributed by atoms with E-state index in [1.54, 1.807) is 0 Å². The predicted molar refractivity (Wildman–Crippen MR) is 114 cm³/mol. The van der Waals surface area contributed by atoms with Gasteiger partial charge in [0.1, 0.15) is 6.10 Å². The van der Waals surface area contributed by atoms with Crippen molar-refractivity contribution in [3.05, 3.63) is 70.8 Å². The van der Waals surface area contributed by atoms with Gasteiger partial charge in [0.2, 0.25) is 0 Å². The Kier molecular flexibility index (Phi) is 7.55. The summed E-state index contributed by atoms with van der Waals surface area (Å²) in [5, 5.41) is 39.1. The van der Waals surface area contributed by atoms with Gasteiger partial charge in [-0.25, -0.2) is 0 Å². The molecule has 1 heterocycles. The minimum Gasteiger partial charge on any atom is -0.395 e. The van der Waals surface area contributed by atoms with Crippen molar-refractivity contribution in [3.63, 3.8) is 0 Å². The van der Waals surface area contributed by atoms with Gasteiger partial charge in [0.15, 0.2) is 0 Å². The van der Waals surface area contributed by atoms with Gasteiger partial charge in [-0.3, -0.25) is 0 Å². The lowest BCUT2D eigenvalue weighted by Gasteiger charge is -2.39. The first-order chi connectivity index (χ1) is 13.5. The molecule has 2 aromatic carbocycles. The lowest BCUT2D eigenvalue weighted by molar-refractivity contribution is -0.0700. The highest BCUT2D eigenvalue weighted by Gasteiger charge is 2.43. The molecule has 4 N–H and O–H groups in total. The maximum Gasteiger partial charge on any atom is 0.108 e. The highest BCUT2D eigenvalue weighted by Crippen LogP contribution is 2.43. The molecule has 5 heteroatoms. The number of benzene rings is 2. The molecular formula is C23H30O4S. The Hall–Kier alpha value is -1.37. The van der Waals surface area contributed by atoms with Crippen LogP contribution in [0.15, 0.2) is 48.5 Å². The van der Waals surface area contributed by atoms with E-state index in [-0.39, 0.29) is 11.9 Å². The Labute approximate surface area is 171 Å². The molecule has 1 saturated heterocycles. The first kappa shape index (κ1) is 21.3. The summed E-state index contributed by atoms with van der Waals surface area (Å²) in [6, 6.07) is 16.8. The summed E-state index contributed by atoms with van der Waals surface area (Å²) >= 11 is 1.33. The van der Waals surface area contributed by atoms with Crippen LogP contribution in [-0.4, -0.2) is 50.6 Å². The van der Waals surface area contributed by atoms with E-state index in [2.05, 4.69) is 43.3 Å². The molecule has 1 aliphatic heterocycles. The summed E-state index contributed by atoms with van der Waals surface area (Å²) in [5.74, 6) is 0. The number of hydrogen-bond acceptors (Lipinski definition) is 5. The fourth-order valence-corrected chi connectivity index (χ4v) is 5.15. The van der Waals surface area contributed by atoms with Crippen LogP contribution < -0.4 is 0 Å². The van der Waals surface area contributed by atoms with Gasteiger partial charge in [-0.15, -0.1) is 11.8 Å². The van der Waals surface area contributed by atoms with Crippen molar-refractivity contribution in [3.8, 4) is 0 Å². The Balaban J connectivity index is 1.63. The molecule has 0 aromatic heterocycles. The molecular weight excluding hydrogens is 372 g/mol. The summed E-state index contributed by atoms with van der Waals surface area (Å²) < 4.78 is 0. The van der Waals surface area contributed by atoms with Crippen molar-refractivity contribution >= 4 is 11.8 Å². The molecule has 0 radical (unpaired) electrons. The second-order valence-corrected chi connectivity index (χ2v) is 8.90. The first-order valence-corrected chi connectivity index (χ1v) is 10.9. The lowest BCUT2D eigenvalue weighted by atomic mass is 9.95. The molecule has 1 fully saturated rings. The molecule has 1 aliphatic rings. The third kappa shape index (κ3) is 4.97. The van der Waals surface area contributed by atoms with Crippen LogP contribution in [0.5, 0.6) is 0 Å². The van der Waals surface area contributed by atoms with Gasteiger partial charge in [0, 0.05) is 0 Å². The molecule has 1 unspecified atom stereocenters. The molecule has 0 amide bonds. The third-order valence-electron chi connectivity index (χ3n) is 5.53. The van der Waals surface area contributed by atoms with Crippen molar-refractivity contribution in [2.45, 2.75) is 61.4 Å². The highest BCUT2D eigenvalue weighted by atomic mass is 32.2. The maximum atomic E-state index is 10.4. The summed E-state index contributed by atoms with van der Waals surface area (Å²) in [5.41, 5.74) is 4.81. The van der Waals surface area contributed by atoms with Gasteiger partial charge < -0.3 is 20.4 Å². The molecule has 4 nitrogen and oxygen atoms in total. The second-order valence-electron chi connectivity index (χ2n) is 7.52. The van der Waals surface area contributed by atoms with Crippen molar-refractivity contribution in [2.75, 3.05) is 6.61 Å². The molecule has 28 heavy (non-hydrogen) atoms. The van der Waals surface area contributed by atoms with E-state index in [1.165, 1.54) is 28.5 Å². The topological polar surface area (TPSA) is 80.9 Å². The zero-order chi connectivity index (χ0) is 20.1. The molecule has 2 aromatic rings. The van der Waals surface area contributed by atoms with E-state index >= 15 is 0 Å². The van der Waals surface area contributed by atoms with Crippen molar-refractivity contribution in [1.29, 1.82) is 0 Å². The average molecular weight is 403 g/mol. The first-order valence-electron chi connectivity index (χ1n) is 10.0. The van der Waals surface area contributed by atoms with Gasteiger partial charge in [-0.1, -0.05) is 55.5 Å². The monoisotopic (exact) mass is 402 g/mol. The molecule has 0 bridgehead atoms. The smallest absolute Gasteiger partial charge is 0.108 e. The van der Waals surface area contributed by atoms with Gasteiger partial charge in [-0.05, 0) is 47.9 Å². The van der Waals surface area contributed by atoms with Crippen LogP contribution in [0, 0.1) is 0 Å². The van der Waals surface area contributed by atoms with Crippen LogP contribution in [0.3, 0.4) is 0 Å². The van der Waals surface area contributed by atoms with Crippen LogP contribution in [0.2, 0.25) is 0 Å². The Morgan fingerprint density at radius 1 is 0.821 bits per heavy atom. The van der Waals surface area contributed by atoms with E-state index in [9.17, 15) is 20.4 Å². The Morgan fingerprint density at radius 3 is 2.18 bits per heavy atom. The van der Waals surface area contributed by atoms with Crippen molar-refractivity contribution in [2.24, 2.45) is 0 Å². The molecule has 0 saturated carbocycles. The SMILES string of the molecule is CCc1ccc(CCCc2cccc([C@@H]3SC(CO)[C@@H](O)[C@H](O)[C@H]3O)c2)cc1. The lowest BCUT2D eigenvalue weighted by Crippen LogP contribution is -2.51. The van der Waals surface area contributed by atoms with Crippen LogP contribution in [0.25, 0.3) is 0 Å². The highest BCUT2D eigenvalue weighted by molar-refractivity contribution is 8.00. The molecule has 0 spiro atoms. The number of rotatable bonds is 7. The van der Waals surface area contributed by atoms with E-state index in [0.29, 0.717) is 0 Å². The van der Waals surface area contributed by atoms with Crippen LogP contribution in [-0.2, 0) is 19.3 Å². The van der Waals surface area contributed by atoms with Crippen molar-refractivity contribution < 1.29 is 20.4 Å². The third-order valence-corrected chi connectivity index (χ3v) is 7.16. The van der Waals surface area contributed by atoms with Gasteiger partial charge in [0.25, 0.3) is 0 Å². The molecule has 0 aliphatic carbocycles. The quantitative estimate of drug-likeness (QED) is 0.573. The second kappa shape index (κ2) is 9.90. The van der Waals surface area contributed by atoms with Gasteiger partial charge in [0.05, 0.1) is 29.3 Å². The standard InChI is InChI=1S/C23H30O4S/c1-2-15-9-11-16(12-10-15)5-3-6-17-7-4-8-18(13-17)23-22(27)21(26)20(25)19(14-24)28-23/h4,7-13,19-27H,2-3,5-6,14H2,1H3/t19?,20-,21+,22-,23+/m1/s1.